The van der Waals surface area contributed by atoms with Crippen molar-refractivity contribution >= 4 is 11.9 Å². The van der Waals surface area contributed by atoms with Crippen molar-refractivity contribution < 1.29 is 4.21 Å². The lowest BCUT2D eigenvalue weighted by molar-refractivity contribution is 0.515. The quantitative estimate of drug-likeness (QED) is 0.559. The van der Waals surface area contributed by atoms with Gasteiger partial charge in [0.2, 0.25) is 0 Å². The topological polar surface area (TPSA) is 20.3 Å². The van der Waals surface area contributed by atoms with E-state index in [-0.39, 0.29) is 11.9 Å². The van der Waals surface area contributed by atoms with E-state index in [1.54, 1.807) is 4.31 Å². The van der Waals surface area contributed by atoms with Gasteiger partial charge >= 0.3 is 0 Å². The summed E-state index contributed by atoms with van der Waals surface area (Å²) in [5.74, 6) is 0. The zero-order chi connectivity index (χ0) is 6.41. The second-order valence-corrected chi connectivity index (χ2v) is 2.66. The van der Waals surface area contributed by atoms with E-state index >= 15 is 0 Å². The van der Waals surface area contributed by atoms with Crippen LogP contribution in [0.15, 0.2) is 0 Å². The van der Waals surface area contributed by atoms with E-state index in [9.17, 15) is 4.21 Å². The summed E-state index contributed by atoms with van der Waals surface area (Å²) < 4.78 is 11.8. The smallest absolute Gasteiger partial charge is 0.0805 e. The maximum Gasteiger partial charge on any atom is 0.0805 e. The molecular formula is C5H13NOS. The normalized spacial score (nSPS) is 10.4. The third-order valence-corrected chi connectivity index (χ3v) is 1.45. The summed E-state index contributed by atoms with van der Waals surface area (Å²) in [5.41, 5.74) is 0. The van der Waals surface area contributed by atoms with Crippen molar-refractivity contribution in [2.75, 3.05) is 13.6 Å². The minimum absolute atomic E-state index is 0.136. The average Bonchev–Trinajstić information content (AvgIpc) is 1.83. The number of hydrogen-bond acceptors (Lipinski definition) is 1. The second kappa shape index (κ2) is 5.25. The lowest BCUT2D eigenvalue weighted by Crippen LogP contribution is -2.12. The first-order valence-electron chi connectivity index (χ1n) is 2.85. The summed E-state index contributed by atoms with van der Waals surface area (Å²) in [7, 11) is 1.84. The number of hydrogen-bond donors (Lipinski definition) is 1. The van der Waals surface area contributed by atoms with Crippen LogP contribution in [0.5, 0.6) is 0 Å². The Hall–Kier alpha value is 0.110. The standard InChI is InChI=1S/C5H13NOS/c1-3-4-5-6(2)8-7/h8H,3-5H2,1-2H3. The Labute approximate surface area is 54.5 Å². The molecule has 0 aliphatic rings. The number of thiol groups is 1. The fourth-order valence-electron chi connectivity index (χ4n) is 0.428. The molecule has 0 heterocycles. The third-order valence-electron chi connectivity index (χ3n) is 0.975. The van der Waals surface area contributed by atoms with Crippen LogP contribution < -0.4 is 0 Å². The molecule has 0 atom stereocenters. The van der Waals surface area contributed by atoms with Crippen LogP contribution in [0.4, 0.5) is 0 Å². The molecule has 0 aromatic heterocycles. The summed E-state index contributed by atoms with van der Waals surface area (Å²) in [6, 6.07) is 0. The van der Waals surface area contributed by atoms with Crippen LogP contribution in [0.25, 0.3) is 0 Å². The van der Waals surface area contributed by atoms with Gasteiger partial charge in [0.15, 0.2) is 0 Å². The molecule has 3 heteroatoms. The van der Waals surface area contributed by atoms with Crippen molar-refractivity contribution in [2.24, 2.45) is 0 Å². The molecule has 0 N–H and O–H groups in total. The largest absolute Gasteiger partial charge is 0.246 e. The van der Waals surface area contributed by atoms with Crippen molar-refractivity contribution in [3.8, 4) is 0 Å². The van der Waals surface area contributed by atoms with Gasteiger partial charge in [-0.05, 0) is 13.5 Å². The number of unbranched alkanes of at least 4 members (excludes halogenated alkanes) is 1. The molecule has 50 valence electrons. The SMILES string of the molecule is CCCCN(C)[SH]=O. The Morgan fingerprint density at radius 2 is 2.25 bits per heavy atom. The van der Waals surface area contributed by atoms with Gasteiger partial charge in [-0.1, -0.05) is 13.3 Å². The van der Waals surface area contributed by atoms with E-state index in [1.165, 1.54) is 6.42 Å². The van der Waals surface area contributed by atoms with Crippen LogP contribution in [-0.4, -0.2) is 22.1 Å². The van der Waals surface area contributed by atoms with Crippen LogP contribution in [0.3, 0.4) is 0 Å². The fourth-order valence-corrected chi connectivity index (χ4v) is 0.651. The van der Waals surface area contributed by atoms with Gasteiger partial charge in [-0.3, -0.25) is 0 Å². The van der Waals surface area contributed by atoms with E-state index in [0.29, 0.717) is 0 Å². The first-order valence-corrected chi connectivity index (χ1v) is 3.62. The zero-order valence-corrected chi connectivity index (χ0v) is 6.32. The molecule has 0 aliphatic heterocycles. The first kappa shape index (κ1) is 8.11. The van der Waals surface area contributed by atoms with E-state index in [1.807, 2.05) is 7.05 Å². The van der Waals surface area contributed by atoms with Gasteiger partial charge in [-0.15, -0.1) is 0 Å². The molecule has 0 aliphatic carbocycles. The molecule has 8 heavy (non-hydrogen) atoms. The molecule has 0 spiro atoms. The highest BCUT2D eigenvalue weighted by atomic mass is 32.2. The van der Waals surface area contributed by atoms with Crippen molar-refractivity contribution in [3.63, 3.8) is 0 Å². The monoisotopic (exact) mass is 135 g/mol. The van der Waals surface area contributed by atoms with E-state index in [0.717, 1.165) is 13.0 Å². The van der Waals surface area contributed by atoms with Crippen LogP contribution >= 0.6 is 0 Å². The van der Waals surface area contributed by atoms with Crippen molar-refractivity contribution in [3.05, 3.63) is 0 Å². The van der Waals surface area contributed by atoms with E-state index in [2.05, 4.69) is 6.92 Å². The van der Waals surface area contributed by atoms with Crippen molar-refractivity contribution in [1.29, 1.82) is 0 Å². The van der Waals surface area contributed by atoms with Crippen LogP contribution in [0.2, 0.25) is 0 Å². The highest BCUT2D eigenvalue weighted by Gasteiger charge is 1.89. The Kier molecular flexibility index (Phi) is 5.32. The summed E-state index contributed by atoms with van der Waals surface area (Å²) >= 11 is 0.136. The van der Waals surface area contributed by atoms with Crippen LogP contribution in [0, 0.1) is 0 Å². The molecule has 2 nitrogen and oxygen atoms in total. The van der Waals surface area contributed by atoms with Gasteiger partial charge in [0.25, 0.3) is 0 Å². The molecule has 0 aromatic carbocycles. The second-order valence-electron chi connectivity index (χ2n) is 1.82. The zero-order valence-electron chi connectivity index (χ0n) is 5.42. The molecule has 0 radical (unpaired) electrons. The van der Waals surface area contributed by atoms with E-state index < -0.39 is 0 Å². The fraction of sp³-hybridized carbons (Fsp3) is 1.00. The summed E-state index contributed by atoms with van der Waals surface area (Å²) in [4.78, 5) is 0. The highest BCUT2D eigenvalue weighted by molar-refractivity contribution is 7.62. The molecule has 0 bridgehead atoms. The molecule has 0 amide bonds. The van der Waals surface area contributed by atoms with Gasteiger partial charge in [-0.2, -0.15) is 0 Å². The lowest BCUT2D eigenvalue weighted by Gasteiger charge is -2.04. The number of rotatable bonds is 4. The molecule has 0 rings (SSSR count). The minimum atomic E-state index is 0.136. The summed E-state index contributed by atoms with van der Waals surface area (Å²) in [6.07, 6.45) is 2.30. The predicted molar refractivity (Wildman–Crippen MR) is 37.1 cm³/mol. The Morgan fingerprint density at radius 3 is 2.62 bits per heavy atom. The van der Waals surface area contributed by atoms with Crippen molar-refractivity contribution in [1.82, 2.24) is 4.31 Å². The Bertz CT molecular complexity index is 67.4. The molecule has 0 saturated carbocycles. The minimum Gasteiger partial charge on any atom is -0.246 e. The Morgan fingerprint density at radius 1 is 1.62 bits per heavy atom. The van der Waals surface area contributed by atoms with Gasteiger partial charge < -0.3 is 0 Å². The molecular weight excluding hydrogens is 122 g/mol. The summed E-state index contributed by atoms with van der Waals surface area (Å²) in [5, 5.41) is 0. The number of nitrogens with zero attached hydrogens (tertiary/aromatic N) is 1. The van der Waals surface area contributed by atoms with Gasteiger partial charge in [0.1, 0.15) is 0 Å². The lowest BCUT2D eigenvalue weighted by atomic mass is 10.3. The van der Waals surface area contributed by atoms with Crippen LogP contribution in [-0.2, 0) is 11.9 Å². The van der Waals surface area contributed by atoms with E-state index in [4.69, 9.17) is 0 Å². The highest BCUT2D eigenvalue weighted by Crippen LogP contribution is 1.88. The first-order chi connectivity index (χ1) is 3.81. The van der Waals surface area contributed by atoms with Crippen LogP contribution in [0.1, 0.15) is 19.8 Å². The maximum atomic E-state index is 10.0. The molecule has 0 saturated heterocycles. The average molecular weight is 135 g/mol. The van der Waals surface area contributed by atoms with Gasteiger partial charge in [0, 0.05) is 6.54 Å². The Balaban J connectivity index is 2.98. The summed E-state index contributed by atoms with van der Waals surface area (Å²) in [6.45, 7) is 3.05. The predicted octanol–water partition coefficient (Wildman–Crippen LogP) is 0.579. The maximum absolute atomic E-state index is 10.0. The molecule has 0 unspecified atom stereocenters. The molecule has 0 fully saturated rings. The molecule has 0 aromatic rings. The third kappa shape index (κ3) is 4.27. The van der Waals surface area contributed by atoms with Gasteiger partial charge in [-0.25, -0.2) is 8.51 Å². The van der Waals surface area contributed by atoms with Crippen molar-refractivity contribution in [2.45, 2.75) is 19.8 Å². The van der Waals surface area contributed by atoms with Gasteiger partial charge in [0.05, 0.1) is 11.9 Å².